The number of likely N-dealkylation sites (tertiary alicyclic amines) is 1. The summed E-state index contributed by atoms with van der Waals surface area (Å²) in [6, 6.07) is 8.23. The van der Waals surface area contributed by atoms with Crippen molar-refractivity contribution in [1.29, 1.82) is 0 Å². The molecule has 3 saturated heterocycles. The van der Waals surface area contributed by atoms with Crippen LogP contribution in [0.15, 0.2) is 54.6 Å². The highest BCUT2D eigenvalue weighted by Gasteiger charge is 2.74. The van der Waals surface area contributed by atoms with Crippen molar-refractivity contribution in [3.63, 3.8) is 0 Å². The third-order valence-corrected chi connectivity index (χ3v) is 11.5. The first-order valence-corrected chi connectivity index (χ1v) is 16.0. The predicted octanol–water partition coefficient (Wildman–Crippen LogP) is 2.02. The molecule has 6 rings (SSSR count). The van der Waals surface area contributed by atoms with E-state index in [-0.39, 0.29) is 30.2 Å². The number of carbonyl (C=O) groups is 3. The third kappa shape index (κ3) is 4.71. The monoisotopic (exact) mass is 594 g/mol. The van der Waals surface area contributed by atoms with Crippen LogP contribution in [-0.2, 0) is 19.1 Å². The molecule has 1 aromatic carbocycles. The Labute approximate surface area is 252 Å². The molecule has 3 fully saturated rings. The van der Waals surface area contributed by atoms with E-state index in [4.69, 9.17) is 4.74 Å². The molecule has 6 atom stereocenters. The van der Waals surface area contributed by atoms with Gasteiger partial charge in [0, 0.05) is 49.7 Å². The highest BCUT2D eigenvalue weighted by Crippen LogP contribution is 2.66. The first-order chi connectivity index (χ1) is 20.2. The first kappa shape index (κ1) is 29.4. The summed E-state index contributed by atoms with van der Waals surface area (Å²) >= 11 is 1.59. The Balaban J connectivity index is 1.41. The minimum Gasteiger partial charge on any atom is -0.394 e. The molecule has 0 saturated carbocycles. The normalized spacial score (nSPS) is 34.0. The minimum atomic E-state index is -0.927. The van der Waals surface area contributed by atoms with E-state index >= 15 is 0 Å². The van der Waals surface area contributed by atoms with Gasteiger partial charge in [-0.25, -0.2) is 0 Å². The second kappa shape index (κ2) is 11.4. The van der Waals surface area contributed by atoms with Crippen molar-refractivity contribution in [3.05, 3.63) is 54.6 Å². The van der Waals surface area contributed by atoms with Crippen LogP contribution < -0.4 is 4.90 Å². The molecule has 5 aliphatic heterocycles. The Morgan fingerprint density at radius 3 is 2.36 bits per heavy atom. The van der Waals surface area contributed by atoms with Crippen LogP contribution in [0.2, 0.25) is 0 Å². The molecule has 5 heterocycles. The third-order valence-electron chi connectivity index (χ3n) is 9.75. The largest absolute Gasteiger partial charge is 0.394 e. The van der Waals surface area contributed by atoms with Crippen LogP contribution in [-0.4, -0.2) is 118 Å². The number of hydrogen-bond acceptors (Lipinski definition) is 7. The molecule has 9 nitrogen and oxygen atoms in total. The molecule has 0 radical (unpaired) electrons. The number of morpholine rings is 1. The van der Waals surface area contributed by atoms with E-state index in [0.717, 1.165) is 25.3 Å². The highest BCUT2D eigenvalue weighted by atomic mass is 32.2. The van der Waals surface area contributed by atoms with Crippen molar-refractivity contribution in [2.45, 2.75) is 42.3 Å². The molecule has 0 aliphatic carbocycles. The van der Waals surface area contributed by atoms with Crippen molar-refractivity contribution in [1.82, 2.24) is 14.7 Å². The lowest BCUT2D eigenvalue weighted by Gasteiger charge is -2.41. The van der Waals surface area contributed by atoms with Crippen molar-refractivity contribution < 1.29 is 24.2 Å². The smallest absolute Gasteiger partial charge is 0.247 e. The molecule has 5 aliphatic rings. The van der Waals surface area contributed by atoms with Gasteiger partial charge in [-0.3, -0.25) is 19.3 Å². The average Bonchev–Trinajstić information content (AvgIpc) is 3.25. The Morgan fingerprint density at radius 1 is 0.952 bits per heavy atom. The number of amides is 3. The fourth-order valence-corrected chi connectivity index (χ4v) is 9.76. The van der Waals surface area contributed by atoms with Crippen LogP contribution in [0.3, 0.4) is 0 Å². The predicted molar refractivity (Wildman–Crippen MR) is 163 cm³/mol. The van der Waals surface area contributed by atoms with E-state index in [0.29, 0.717) is 32.8 Å². The van der Waals surface area contributed by atoms with E-state index in [1.54, 1.807) is 21.6 Å². The van der Waals surface area contributed by atoms with Crippen LogP contribution in [0.1, 0.15) is 20.8 Å². The summed E-state index contributed by atoms with van der Waals surface area (Å²) in [7, 11) is 0. The van der Waals surface area contributed by atoms with Crippen molar-refractivity contribution in [3.8, 4) is 0 Å². The van der Waals surface area contributed by atoms with Crippen LogP contribution in [0.4, 0.5) is 5.69 Å². The number of thioether (sulfide) groups is 1. The standard InChI is InChI=1S/C32H42N4O5S/c1-22(2)24(21-37)36-27-30(40)34(16-15-33-17-19-41-20-18-33)13-8-12-32(27)26(29(36)39)25-28(38)35(23-9-5-4-6-10-23)14-7-11-31(25,3)42-32/h4-12,22,24-27,37H,13-21H2,1-3H3/t24-,25-,26-,27?,31+,32-/m0/s1. The second-order valence-electron chi connectivity index (χ2n) is 12.6. The SMILES string of the molecule is CC(C)[C@H](CO)N1C(=O)[C@@H]2[C@H]3C(=O)N(c4ccccc4)CC=C[C@@]3(C)S[C@@]23C=CCN(CCN2CCOCC2)C(=O)C13. The van der Waals surface area contributed by atoms with Gasteiger partial charge in [0.25, 0.3) is 0 Å². The summed E-state index contributed by atoms with van der Waals surface area (Å²) < 4.78 is 3.89. The molecule has 3 amide bonds. The van der Waals surface area contributed by atoms with Crippen LogP contribution in [0, 0.1) is 17.8 Å². The van der Waals surface area contributed by atoms with Crippen molar-refractivity contribution >= 4 is 35.2 Å². The summed E-state index contributed by atoms with van der Waals surface area (Å²) in [5.41, 5.74) is 0.790. The first-order valence-electron chi connectivity index (χ1n) is 15.2. The summed E-state index contributed by atoms with van der Waals surface area (Å²) in [6.07, 6.45) is 8.18. The lowest BCUT2D eigenvalue weighted by atomic mass is 9.74. The van der Waals surface area contributed by atoms with E-state index in [1.807, 2.05) is 68.2 Å². The zero-order chi connectivity index (χ0) is 29.6. The Morgan fingerprint density at radius 2 is 1.67 bits per heavy atom. The van der Waals surface area contributed by atoms with Gasteiger partial charge in [-0.1, -0.05) is 56.4 Å². The quantitative estimate of drug-likeness (QED) is 0.483. The van der Waals surface area contributed by atoms with Crippen LogP contribution in [0.25, 0.3) is 0 Å². The molecule has 1 N–H and O–H groups in total. The maximum atomic E-state index is 14.7. The Hall–Kier alpha value is -2.66. The molecule has 1 unspecified atom stereocenters. The van der Waals surface area contributed by atoms with Gasteiger partial charge >= 0.3 is 0 Å². The average molecular weight is 595 g/mol. The summed E-state index contributed by atoms with van der Waals surface area (Å²) in [4.78, 5) is 51.4. The van der Waals surface area contributed by atoms with Gasteiger partial charge in [0.05, 0.1) is 42.4 Å². The number of para-hydroxylation sites is 1. The minimum absolute atomic E-state index is 0.0707. The van der Waals surface area contributed by atoms with Gasteiger partial charge in [-0.15, -0.1) is 11.8 Å². The topological polar surface area (TPSA) is 93.6 Å². The molecule has 226 valence electrons. The number of hydrogen-bond donors (Lipinski definition) is 1. The second-order valence-corrected chi connectivity index (χ2v) is 14.4. The number of rotatable bonds is 7. The molecule has 42 heavy (non-hydrogen) atoms. The molecule has 0 aromatic heterocycles. The van der Waals surface area contributed by atoms with Crippen LogP contribution >= 0.6 is 11.8 Å². The number of aliphatic hydroxyl groups is 1. The number of nitrogens with zero attached hydrogens (tertiary/aromatic N) is 4. The maximum Gasteiger partial charge on any atom is 0.247 e. The van der Waals surface area contributed by atoms with Gasteiger partial charge in [0.2, 0.25) is 17.7 Å². The molecule has 0 bridgehead atoms. The van der Waals surface area contributed by atoms with E-state index in [1.165, 1.54) is 0 Å². The van der Waals surface area contributed by atoms with Crippen LogP contribution in [0.5, 0.6) is 0 Å². The van der Waals surface area contributed by atoms with E-state index in [2.05, 4.69) is 17.1 Å². The van der Waals surface area contributed by atoms with Crippen molar-refractivity contribution in [2.75, 3.05) is 64.0 Å². The van der Waals surface area contributed by atoms with E-state index in [9.17, 15) is 19.5 Å². The number of anilines is 1. The molecular formula is C32H42N4O5S. The lowest BCUT2D eigenvalue weighted by Crippen LogP contribution is -2.58. The summed E-state index contributed by atoms with van der Waals surface area (Å²) in [5.74, 6) is -1.88. The fourth-order valence-electron chi connectivity index (χ4n) is 7.61. The molecule has 1 aromatic rings. The summed E-state index contributed by atoms with van der Waals surface area (Å²) in [5, 5.41) is 10.5. The fraction of sp³-hybridized carbons (Fsp3) is 0.594. The van der Waals surface area contributed by atoms with Gasteiger partial charge < -0.3 is 24.5 Å². The van der Waals surface area contributed by atoms with Gasteiger partial charge in [-0.05, 0) is 25.0 Å². The zero-order valence-electron chi connectivity index (χ0n) is 24.7. The molecule has 10 heteroatoms. The number of benzene rings is 1. The molecule has 1 spiro atoms. The highest BCUT2D eigenvalue weighted by molar-refractivity contribution is 8.02. The number of carbonyl (C=O) groups excluding carboxylic acids is 3. The number of fused-ring (bicyclic) bond motifs is 2. The van der Waals surface area contributed by atoms with Gasteiger partial charge in [0.15, 0.2) is 0 Å². The van der Waals surface area contributed by atoms with Crippen molar-refractivity contribution in [2.24, 2.45) is 17.8 Å². The zero-order valence-corrected chi connectivity index (χ0v) is 25.5. The summed E-state index contributed by atoms with van der Waals surface area (Å²) in [6.45, 7) is 10.9. The number of aliphatic hydroxyl groups excluding tert-OH is 1. The van der Waals surface area contributed by atoms with Gasteiger partial charge in [-0.2, -0.15) is 0 Å². The lowest BCUT2D eigenvalue weighted by molar-refractivity contribution is -0.146. The van der Waals surface area contributed by atoms with E-state index < -0.39 is 33.4 Å². The maximum absolute atomic E-state index is 14.7. The van der Waals surface area contributed by atoms with Gasteiger partial charge in [0.1, 0.15) is 6.04 Å². The Kier molecular flexibility index (Phi) is 8.02. The Bertz CT molecular complexity index is 1270. The number of ether oxygens (including phenoxy) is 1. The molecular weight excluding hydrogens is 552 g/mol.